The maximum Gasteiger partial charge on any atom is 0.179 e. The van der Waals surface area contributed by atoms with Crippen molar-refractivity contribution in [3.05, 3.63) is 34.8 Å². The van der Waals surface area contributed by atoms with Crippen LogP contribution in [-0.4, -0.2) is 12.3 Å². The number of fused-ring (bicyclic) bond motifs is 1. The van der Waals surface area contributed by atoms with Gasteiger partial charge in [0.05, 0.1) is 12.0 Å². The van der Waals surface area contributed by atoms with Crippen LogP contribution in [0.2, 0.25) is 0 Å². The van der Waals surface area contributed by atoms with E-state index in [1.165, 1.54) is 5.22 Å². The molecule has 0 aliphatic carbocycles. The van der Waals surface area contributed by atoms with Crippen LogP contribution in [0.15, 0.2) is 29.3 Å². The molecule has 1 fully saturated rings. The lowest BCUT2D eigenvalue weighted by Crippen LogP contribution is -2.19. The highest BCUT2D eigenvalue weighted by molar-refractivity contribution is 5.39. The van der Waals surface area contributed by atoms with Gasteiger partial charge in [-0.05, 0) is 18.6 Å². The van der Waals surface area contributed by atoms with Gasteiger partial charge in [0.25, 0.3) is 0 Å². The monoisotopic (exact) mass is 193 g/mol. The largest absolute Gasteiger partial charge is 0.350 e. The first-order chi connectivity index (χ1) is 6.38. The van der Waals surface area contributed by atoms with Gasteiger partial charge in [0, 0.05) is 11.6 Å². The minimum absolute atomic E-state index is 0. The molecule has 2 heterocycles. The van der Waals surface area contributed by atoms with Crippen molar-refractivity contribution >= 4 is 6.08 Å². The summed E-state index contributed by atoms with van der Waals surface area (Å²) in [6, 6.07) is 8.19. The zero-order chi connectivity index (χ0) is 8.73. The van der Waals surface area contributed by atoms with Gasteiger partial charge in [-0.25, -0.2) is 4.99 Å². The van der Waals surface area contributed by atoms with Gasteiger partial charge in [0.2, 0.25) is 0 Å². The highest BCUT2D eigenvalue weighted by Crippen LogP contribution is 2.29. The first-order valence-electron chi connectivity index (χ1n) is 4.70. The fraction of sp³-hybridized carbons (Fsp3) is 0.364. The van der Waals surface area contributed by atoms with Crippen LogP contribution >= 0.6 is 0 Å². The Kier molecular flexibility index (Phi) is 2.11. The van der Waals surface area contributed by atoms with E-state index >= 15 is 0 Å². The van der Waals surface area contributed by atoms with Crippen molar-refractivity contribution in [2.75, 3.05) is 6.61 Å². The molecule has 14 heavy (non-hydrogen) atoms. The molecule has 3 rings (SSSR count). The summed E-state index contributed by atoms with van der Waals surface area (Å²) in [4.78, 5) is 4.60. The number of ether oxygens (including phenoxy) is 1. The van der Waals surface area contributed by atoms with Gasteiger partial charge < -0.3 is 4.74 Å². The van der Waals surface area contributed by atoms with Crippen molar-refractivity contribution in [2.45, 2.75) is 18.6 Å². The average Bonchev–Trinajstić information content (AvgIpc) is 2.72. The normalized spacial score (nSPS) is 27.7. The summed E-state index contributed by atoms with van der Waals surface area (Å²) in [5.74, 6) is 0. The van der Waals surface area contributed by atoms with E-state index in [-0.39, 0.29) is 10.4 Å². The van der Waals surface area contributed by atoms with Crippen LogP contribution in [0.3, 0.4) is 0 Å². The Morgan fingerprint density at radius 1 is 1.29 bits per heavy atom. The Labute approximate surface area is 81.3 Å². The minimum atomic E-state index is -0.302. The van der Waals surface area contributed by atoms with E-state index in [1.807, 2.05) is 18.2 Å². The van der Waals surface area contributed by atoms with Crippen LogP contribution in [0.1, 0.15) is 12.8 Å². The van der Waals surface area contributed by atoms with Gasteiger partial charge in [-0.15, -0.1) is 0 Å². The second kappa shape index (κ2) is 3.17. The Bertz CT molecular complexity index is 412. The molecule has 0 saturated carbocycles. The number of hydrogen-bond acceptors (Lipinski definition) is 2. The first-order valence-corrected chi connectivity index (χ1v) is 4.70. The van der Waals surface area contributed by atoms with Gasteiger partial charge in [-0.1, -0.05) is 18.2 Å². The van der Waals surface area contributed by atoms with E-state index in [4.69, 9.17) is 4.74 Å². The maximum absolute atomic E-state index is 5.66. The average molecular weight is 193 g/mol. The third-order valence-corrected chi connectivity index (χ3v) is 2.66. The summed E-state index contributed by atoms with van der Waals surface area (Å²) in [5, 5.41) is 2.29. The molecule has 1 aromatic rings. The summed E-state index contributed by atoms with van der Waals surface area (Å²) < 4.78 is 5.66. The Balaban J connectivity index is 0.000000750. The Morgan fingerprint density at radius 3 is 2.86 bits per heavy atom. The second-order valence-corrected chi connectivity index (χ2v) is 3.61. The zero-order valence-electron chi connectivity index (χ0n) is 7.77. The molecule has 0 radical (unpaired) electrons. The van der Waals surface area contributed by atoms with Gasteiger partial charge in [0.15, 0.2) is 5.72 Å². The quantitative estimate of drug-likeness (QED) is 0.596. The van der Waals surface area contributed by atoms with Gasteiger partial charge >= 0.3 is 0 Å². The molecule has 1 saturated heterocycles. The molecular weight excluding hydrogens is 181 g/mol. The number of para-hydroxylation sites is 1. The molecular formula is C11H12FNO. The Morgan fingerprint density at radius 2 is 2.14 bits per heavy atom. The summed E-state index contributed by atoms with van der Waals surface area (Å²) >= 11 is 0. The fourth-order valence-corrected chi connectivity index (χ4v) is 2.04. The number of hydrogen-bond donors (Lipinski definition) is 0. The molecule has 0 aromatic heterocycles. The van der Waals surface area contributed by atoms with Crippen LogP contribution in [0.4, 0.5) is 4.70 Å². The lowest BCUT2D eigenvalue weighted by molar-refractivity contribution is 0.0657. The maximum atomic E-state index is 5.66. The van der Waals surface area contributed by atoms with E-state index < -0.39 is 0 Å². The molecule has 1 atom stereocenters. The molecule has 1 spiro atoms. The third-order valence-electron chi connectivity index (χ3n) is 2.66. The van der Waals surface area contributed by atoms with Gasteiger partial charge in [0.1, 0.15) is 0 Å². The van der Waals surface area contributed by atoms with Crippen LogP contribution in [0.5, 0.6) is 0 Å². The van der Waals surface area contributed by atoms with Crippen LogP contribution in [-0.2, 0) is 4.74 Å². The van der Waals surface area contributed by atoms with Gasteiger partial charge in [-0.3, -0.25) is 4.70 Å². The van der Waals surface area contributed by atoms with E-state index in [0.29, 0.717) is 0 Å². The molecule has 1 unspecified atom stereocenters. The lowest BCUT2D eigenvalue weighted by atomic mass is 10.1. The molecule has 74 valence electrons. The van der Waals surface area contributed by atoms with E-state index in [1.54, 1.807) is 0 Å². The SMILES string of the molecule is C1=c2ccccc2=NC12CCCO2.F. The smallest absolute Gasteiger partial charge is 0.179 e. The van der Waals surface area contributed by atoms with Crippen molar-refractivity contribution in [3.63, 3.8) is 0 Å². The predicted octanol–water partition coefficient (Wildman–Crippen LogP) is 0.760. The zero-order valence-corrected chi connectivity index (χ0v) is 7.77. The third kappa shape index (κ3) is 1.24. The number of rotatable bonds is 0. The molecule has 0 amide bonds. The predicted molar refractivity (Wildman–Crippen MR) is 52.1 cm³/mol. The second-order valence-electron chi connectivity index (χ2n) is 3.61. The minimum Gasteiger partial charge on any atom is -0.350 e. The standard InChI is InChI=1S/C11H11NO.FH/c1-2-5-10-9(4-1)8-11(12-10)6-3-7-13-11;/h1-2,4-5,8H,3,6-7H2;1H. The molecule has 2 aliphatic rings. The lowest BCUT2D eigenvalue weighted by Gasteiger charge is -2.15. The van der Waals surface area contributed by atoms with E-state index in [2.05, 4.69) is 17.1 Å². The number of nitrogens with zero attached hydrogens (tertiary/aromatic N) is 1. The summed E-state index contributed by atoms with van der Waals surface area (Å²) in [7, 11) is 0. The fourth-order valence-electron chi connectivity index (χ4n) is 2.04. The van der Waals surface area contributed by atoms with Crippen molar-refractivity contribution in [2.24, 2.45) is 4.99 Å². The highest BCUT2D eigenvalue weighted by atomic mass is 19.0. The van der Waals surface area contributed by atoms with Crippen LogP contribution < -0.4 is 10.6 Å². The molecule has 3 heteroatoms. The molecule has 0 N–H and O–H groups in total. The molecule has 1 aromatic carbocycles. The summed E-state index contributed by atoms with van der Waals surface area (Å²) in [6.07, 6.45) is 4.30. The van der Waals surface area contributed by atoms with Crippen molar-refractivity contribution in [3.8, 4) is 0 Å². The number of benzene rings is 1. The van der Waals surface area contributed by atoms with Crippen molar-refractivity contribution in [1.82, 2.24) is 0 Å². The van der Waals surface area contributed by atoms with E-state index in [9.17, 15) is 0 Å². The van der Waals surface area contributed by atoms with Crippen molar-refractivity contribution < 1.29 is 9.44 Å². The number of halogens is 1. The molecule has 2 nitrogen and oxygen atoms in total. The van der Waals surface area contributed by atoms with E-state index in [0.717, 1.165) is 24.8 Å². The Hall–Kier alpha value is -1.22. The first kappa shape index (κ1) is 9.34. The summed E-state index contributed by atoms with van der Waals surface area (Å²) in [6.45, 7) is 0.841. The van der Waals surface area contributed by atoms with Crippen LogP contribution in [0.25, 0.3) is 6.08 Å². The van der Waals surface area contributed by atoms with Gasteiger partial charge in [-0.2, -0.15) is 0 Å². The molecule has 0 bridgehead atoms. The highest BCUT2D eigenvalue weighted by Gasteiger charge is 2.33. The molecule has 2 aliphatic heterocycles. The van der Waals surface area contributed by atoms with Crippen LogP contribution in [0, 0.1) is 0 Å². The topological polar surface area (TPSA) is 21.6 Å². The van der Waals surface area contributed by atoms with Crippen molar-refractivity contribution in [1.29, 1.82) is 0 Å². The summed E-state index contributed by atoms with van der Waals surface area (Å²) in [5.41, 5.74) is -0.302.